The number of rotatable bonds is 3. The minimum Gasteiger partial charge on any atom is -0.340 e. The number of carbonyl (C=O) groups excluding carboxylic acids is 1. The third kappa shape index (κ3) is 2.01. The van der Waals surface area contributed by atoms with Crippen molar-refractivity contribution in [2.75, 3.05) is 0 Å². The van der Waals surface area contributed by atoms with Crippen LogP contribution in [-0.4, -0.2) is 12.5 Å². The maximum absolute atomic E-state index is 9.52. The second kappa shape index (κ2) is 3.45. The van der Waals surface area contributed by atoms with Crippen molar-refractivity contribution in [1.29, 1.82) is 0 Å². The second-order valence-corrected chi connectivity index (χ2v) is 2.22. The highest BCUT2D eigenvalue weighted by atomic mass is 16.7. The van der Waals surface area contributed by atoms with Crippen molar-refractivity contribution in [2.45, 2.75) is 31.7 Å². The molecule has 0 aromatic carbocycles. The van der Waals surface area contributed by atoms with Gasteiger partial charge in [0.15, 0.2) is 0 Å². The van der Waals surface area contributed by atoms with Gasteiger partial charge in [-0.2, -0.15) is 0 Å². The first-order chi connectivity index (χ1) is 4.43. The Morgan fingerprint density at radius 2 is 2.11 bits per heavy atom. The van der Waals surface area contributed by atoms with Crippen LogP contribution in [0.5, 0.6) is 0 Å². The van der Waals surface area contributed by atoms with Crippen LogP contribution >= 0.6 is 0 Å². The van der Waals surface area contributed by atoms with E-state index in [4.69, 9.17) is 0 Å². The molecule has 0 atom stereocenters. The highest BCUT2D eigenvalue weighted by Crippen LogP contribution is 2.17. The molecule has 0 N–H and O–H groups in total. The predicted molar refractivity (Wildman–Crippen MR) is 31.2 cm³/mol. The molecule has 50 valence electrons. The van der Waals surface area contributed by atoms with E-state index < -0.39 is 0 Å². The lowest BCUT2D eigenvalue weighted by Gasteiger charge is -2.01. The topological polar surface area (TPSA) is 40.4 Å². The zero-order valence-corrected chi connectivity index (χ0v) is 5.17. The summed E-state index contributed by atoms with van der Waals surface area (Å²) in [5, 5.41) is 0. The van der Waals surface area contributed by atoms with Gasteiger partial charge in [-0.25, -0.2) is 4.79 Å². The lowest BCUT2D eigenvalue weighted by atomic mass is 10.3. The summed E-state index contributed by atoms with van der Waals surface area (Å²) >= 11 is 0. The Kier molecular flexibility index (Phi) is 2.51. The molecule has 1 fully saturated rings. The summed E-state index contributed by atoms with van der Waals surface area (Å²) in [6, 6.07) is 0.256. The standard InChI is InChI=1S/C6H9NO2/c8-5-9-7-6-3-1-2-4-6/h6H,1-4H2. The Balaban J connectivity index is 2.04. The molecule has 1 aliphatic rings. The molecule has 9 heavy (non-hydrogen) atoms. The van der Waals surface area contributed by atoms with E-state index in [0.717, 1.165) is 12.8 Å². The van der Waals surface area contributed by atoms with E-state index in [9.17, 15) is 4.79 Å². The van der Waals surface area contributed by atoms with Crippen LogP contribution in [-0.2, 0) is 9.63 Å². The number of hydrogen-bond acceptors (Lipinski definition) is 2. The zero-order valence-electron chi connectivity index (χ0n) is 5.17. The highest BCUT2D eigenvalue weighted by molar-refractivity contribution is 5.37. The van der Waals surface area contributed by atoms with Gasteiger partial charge in [0.2, 0.25) is 0 Å². The molecule has 1 aliphatic carbocycles. The van der Waals surface area contributed by atoms with Gasteiger partial charge in [-0.15, -0.1) is 0 Å². The normalized spacial score (nSPS) is 20.0. The van der Waals surface area contributed by atoms with E-state index in [1.54, 1.807) is 0 Å². The van der Waals surface area contributed by atoms with Crippen LogP contribution in [0.15, 0.2) is 0 Å². The fourth-order valence-corrected chi connectivity index (χ4v) is 1.11. The van der Waals surface area contributed by atoms with Gasteiger partial charge in [-0.05, 0) is 18.3 Å². The van der Waals surface area contributed by atoms with Gasteiger partial charge in [0.1, 0.15) is 0 Å². The van der Waals surface area contributed by atoms with Crippen LogP contribution in [0.1, 0.15) is 25.7 Å². The summed E-state index contributed by atoms with van der Waals surface area (Å²) in [4.78, 5) is 13.7. The van der Waals surface area contributed by atoms with Crippen LogP contribution in [0.25, 0.3) is 0 Å². The van der Waals surface area contributed by atoms with Crippen LogP contribution in [0, 0.1) is 0 Å². The molecular weight excluding hydrogens is 118 g/mol. The minimum absolute atomic E-state index is 0.256. The van der Waals surface area contributed by atoms with Crippen molar-refractivity contribution in [2.24, 2.45) is 0 Å². The van der Waals surface area contributed by atoms with E-state index in [0.29, 0.717) is 0 Å². The van der Waals surface area contributed by atoms with E-state index in [-0.39, 0.29) is 6.04 Å². The van der Waals surface area contributed by atoms with Crippen LogP contribution in [0.3, 0.4) is 0 Å². The Hall–Kier alpha value is -0.570. The molecule has 0 amide bonds. The smallest absolute Gasteiger partial charge is 0.340 e. The Bertz CT molecular complexity index is 89.1. The molecule has 0 aromatic heterocycles. The van der Waals surface area contributed by atoms with E-state index in [1.807, 2.05) is 0 Å². The van der Waals surface area contributed by atoms with Gasteiger partial charge in [0, 0.05) is 0 Å². The molecule has 0 aromatic rings. The first kappa shape index (κ1) is 6.55. The van der Waals surface area contributed by atoms with Gasteiger partial charge in [-0.1, -0.05) is 12.8 Å². The molecule has 3 heteroatoms. The van der Waals surface area contributed by atoms with Crippen molar-refractivity contribution in [3.8, 4) is 0 Å². The van der Waals surface area contributed by atoms with E-state index in [2.05, 4.69) is 10.3 Å². The lowest BCUT2D eigenvalue weighted by molar-refractivity contribution is 0.124. The molecule has 0 spiro atoms. The largest absolute Gasteiger partial charge is 0.439 e. The molecule has 2 radical (unpaired) electrons. The SMILES string of the molecule is O=[C]O[N]C1CCCC1. The quantitative estimate of drug-likeness (QED) is 0.519. The molecule has 0 unspecified atom stereocenters. The third-order valence-electron chi connectivity index (χ3n) is 1.56. The molecule has 0 aliphatic heterocycles. The molecular formula is C6H9NO2. The molecule has 0 saturated heterocycles. The van der Waals surface area contributed by atoms with Crippen molar-refractivity contribution < 1.29 is 9.63 Å². The Morgan fingerprint density at radius 1 is 1.44 bits per heavy atom. The van der Waals surface area contributed by atoms with Crippen LogP contribution < -0.4 is 5.48 Å². The number of hydroxylamine groups is 1. The third-order valence-corrected chi connectivity index (χ3v) is 1.56. The minimum atomic E-state index is 0.256. The first-order valence-corrected chi connectivity index (χ1v) is 3.17. The second-order valence-electron chi connectivity index (χ2n) is 2.22. The van der Waals surface area contributed by atoms with Gasteiger partial charge < -0.3 is 4.84 Å². The number of nitrogens with zero attached hydrogens (tertiary/aromatic N) is 1. The molecule has 1 saturated carbocycles. The molecule has 3 nitrogen and oxygen atoms in total. The molecule has 0 heterocycles. The Labute approximate surface area is 54.3 Å². The zero-order chi connectivity index (χ0) is 6.53. The average Bonchev–Trinajstić information content (AvgIpc) is 2.34. The fourth-order valence-electron chi connectivity index (χ4n) is 1.11. The average molecular weight is 127 g/mol. The van der Waals surface area contributed by atoms with Crippen molar-refractivity contribution in [3.63, 3.8) is 0 Å². The summed E-state index contributed by atoms with van der Waals surface area (Å²) in [5.41, 5.74) is 3.62. The fraction of sp³-hybridized carbons (Fsp3) is 0.833. The Morgan fingerprint density at radius 3 is 2.67 bits per heavy atom. The summed E-state index contributed by atoms with van der Waals surface area (Å²) in [5.74, 6) is 0. The lowest BCUT2D eigenvalue weighted by Crippen LogP contribution is -2.17. The summed E-state index contributed by atoms with van der Waals surface area (Å²) in [6.07, 6.45) is 4.52. The maximum atomic E-state index is 9.52. The van der Waals surface area contributed by atoms with Crippen molar-refractivity contribution >= 4 is 6.47 Å². The summed E-state index contributed by atoms with van der Waals surface area (Å²) in [6.45, 7) is 1.28. The van der Waals surface area contributed by atoms with E-state index >= 15 is 0 Å². The predicted octanol–water partition coefficient (Wildman–Crippen LogP) is 0.532. The van der Waals surface area contributed by atoms with Gasteiger partial charge in [0.25, 0.3) is 0 Å². The van der Waals surface area contributed by atoms with Crippen LogP contribution in [0.2, 0.25) is 0 Å². The first-order valence-electron chi connectivity index (χ1n) is 3.17. The van der Waals surface area contributed by atoms with Crippen molar-refractivity contribution in [1.82, 2.24) is 5.48 Å². The number of hydrogen-bond donors (Lipinski definition) is 0. The van der Waals surface area contributed by atoms with Crippen LogP contribution in [0.4, 0.5) is 0 Å². The van der Waals surface area contributed by atoms with E-state index in [1.165, 1.54) is 19.3 Å². The maximum Gasteiger partial charge on any atom is 0.439 e. The van der Waals surface area contributed by atoms with Gasteiger partial charge in [0.05, 0.1) is 6.04 Å². The summed E-state index contributed by atoms with van der Waals surface area (Å²) < 4.78 is 0. The highest BCUT2D eigenvalue weighted by Gasteiger charge is 2.16. The summed E-state index contributed by atoms with van der Waals surface area (Å²) in [7, 11) is 0. The molecule has 0 bridgehead atoms. The van der Waals surface area contributed by atoms with Gasteiger partial charge in [-0.3, -0.25) is 0 Å². The van der Waals surface area contributed by atoms with Crippen molar-refractivity contribution in [3.05, 3.63) is 0 Å². The molecule has 1 rings (SSSR count). The monoisotopic (exact) mass is 127 g/mol. The van der Waals surface area contributed by atoms with Gasteiger partial charge >= 0.3 is 6.47 Å².